The fourth-order valence-electron chi connectivity index (χ4n) is 3.44. The summed E-state index contributed by atoms with van der Waals surface area (Å²) in [5, 5.41) is 10.9. The molecule has 0 spiro atoms. The lowest BCUT2D eigenvalue weighted by Crippen LogP contribution is -2.24. The maximum Gasteiger partial charge on any atom is 0.277 e. The third-order valence-corrected chi connectivity index (χ3v) is 5.71. The number of benzene rings is 2. The Morgan fingerprint density at radius 1 is 0.875 bits per heavy atom. The van der Waals surface area contributed by atoms with Crippen LogP contribution in [0, 0.1) is 0 Å². The minimum absolute atomic E-state index is 0.0135. The van der Waals surface area contributed by atoms with Crippen molar-refractivity contribution in [3.05, 3.63) is 89.2 Å². The molecule has 0 fully saturated rings. The first kappa shape index (κ1) is 19.8. The molecule has 1 aliphatic carbocycles. The van der Waals surface area contributed by atoms with Crippen molar-refractivity contribution in [3.8, 4) is 11.5 Å². The molecule has 2 aromatic heterocycles. The Labute approximate surface area is 186 Å². The van der Waals surface area contributed by atoms with Crippen LogP contribution in [0.4, 0.5) is 5.69 Å². The van der Waals surface area contributed by atoms with Crippen LogP contribution in [0.25, 0.3) is 11.5 Å². The molecule has 0 saturated carbocycles. The van der Waals surface area contributed by atoms with Gasteiger partial charge in [-0.1, -0.05) is 48.2 Å². The summed E-state index contributed by atoms with van der Waals surface area (Å²) in [7, 11) is 0. The van der Waals surface area contributed by atoms with Crippen molar-refractivity contribution in [1.29, 1.82) is 0 Å². The SMILES string of the molecule is O=C(CSc1nnc(-c2ccncc2)o1)Nc1cccc2c1C(=O)c1ccccc1C2=O. The number of ketones is 2. The van der Waals surface area contributed by atoms with E-state index < -0.39 is 0 Å². The first-order valence-corrected chi connectivity index (χ1v) is 10.6. The van der Waals surface area contributed by atoms with Gasteiger partial charge in [-0.15, -0.1) is 10.2 Å². The average Bonchev–Trinajstić information content (AvgIpc) is 3.31. The number of thioether (sulfide) groups is 1. The highest BCUT2D eigenvalue weighted by Crippen LogP contribution is 2.32. The van der Waals surface area contributed by atoms with Crippen LogP contribution in [-0.4, -0.2) is 38.4 Å². The molecule has 4 aromatic rings. The number of carbonyl (C=O) groups excluding carboxylic acids is 3. The zero-order valence-electron chi connectivity index (χ0n) is 16.4. The Bertz CT molecular complexity index is 1370. The highest BCUT2D eigenvalue weighted by Gasteiger charge is 2.31. The van der Waals surface area contributed by atoms with Crippen molar-refractivity contribution >= 4 is 34.9 Å². The maximum absolute atomic E-state index is 13.0. The number of pyridine rings is 1. The largest absolute Gasteiger partial charge is 0.411 e. The van der Waals surface area contributed by atoms with Crippen molar-refractivity contribution in [1.82, 2.24) is 15.2 Å². The molecular weight excluding hydrogens is 428 g/mol. The van der Waals surface area contributed by atoms with Gasteiger partial charge in [-0.3, -0.25) is 19.4 Å². The van der Waals surface area contributed by atoms with Gasteiger partial charge in [0, 0.05) is 34.6 Å². The Morgan fingerprint density at radius 3 is 2.38 bits per heavy atom. The number of hydrogen-bond donors (Lipinski definition) is 1. The lowest BCUT2D eigenvalue weighted by atomic mass is 9.83. The smallest absolute Gasteiger partial charge is 0.277 e. The van der Waals surface area contributed by atoms with E-state index in [1.807, 2.05) is 0 Å². The number of rotatable bonds is 5. The minimum atomic E-state index is -0.369. The predicted molar refractivity (Wildman–Crippen MR) is 117 cm³/mol. The quantitative estimate of drug-likeness (QED) is 0.410. The second kappa shape index (κ2) is 8.20. The van der Waals surface area contributed by atoms with Crippen LogP contribution in [0.15, 0.2) is 76.6 Å². The van der Waals surface area contributed by atoms with Crippen LogP contribution in [-0.2, 0) is 4.79 Å². The van der Waals surface area contributed by atoms with Crippen LogP contribution < -0.4 is 5.32 Å². The van der Waals surface area contributed by atoms with E-state index in [4.69, 9.17) is 4.42 Å². The first-order chi connectivity index (χ1) is 15.6. The fraction of sp³-hybridized carbons (Fsp3) is 0.0435. The third-order valence-electron chi connectivity index (χ3n) is 4.89. The van der Waals surface area contributed by atoms with E-state index in [9.17, 15) is 14.4 Å². The number of fused-ring (bicyclic) bond motifs is 2. The molecule has 0 radical (unpaired) electrons. The lowest BCUT2D eigenvalue weighted by Gasteiger charge is -2.20. The zero-order valence-corrected chi connectivity index (χ0v) is 17.3. The average molecular weight is 442 g/mol. The van der Waals surface area contributed by atoms with Crippen LogP contribution in [0.5, 0.6) is 0 Å². The molecule has 5 rings (SSSR count). The zero-order chi connectivity index (χ0) is 22.1. The van der Waals surface area contributed by atoms with Gasteiger partial charge in [-0.05, 0) is 18.2 Å². The molecule has 2 heterocycles. The first-order valence-electron chi connectivity index (χ1n) is 9.60. The van der Waals surface area contributed by atoms with Crippen molar-refractivity contribution in [3.63, 3.8) is 0 Å². The van der Waals surface area contributed by atoms with E-state index in [0.717, 1.165) is 17.3 Å². The Hall–Kier alpha value is -4.11. The second-order valence-electron chi connectivity index (χ2n) is 6.88. The van der Waals surface area contributed by atoms with Crippen LogP contribution in [0.2, 0.25) is 0 Å². The van der Waals surface area contributed by atoms with Gasteiger partial charge in [-0.2, -0.15) is 0 Å². The van der Waals surface area contributed by atoms with Crippen molar-refractivity contribution in [2.75, 3.05) is 11.1 Å². The highest BCUT2D eigenvalue weighted by molar-refractivity contribution is 7.99. The monoisotopic (exact) mass is 442 g/mol. The van der Waals surface area contributed by atoms with Crippen LogP contribution >= 0.6 is 11.8 Å². The Kier molecular flexibility index (Phi) is 5.08. The topological polar surface area (TPSA) is 115 Å². The van der Waals surface area contributed by atoms with Gasteiger partial charge in [0.05, 0.1) is 17.0 Å². The molecule has 0 unspecified atom stereocenters. The summed E-state index contributed by atoms with van der Waals surface area (Å²) in [6.07, 6.45) is 3.23. The maximum atomic E-state index is 13.0. The number of hydrogen-bond acceptors (Lipinski definition) is 8. The summed E-state index contributed by atoms with van der Waals surface area (Å²) < 4.78 is 5.57. The highest BCUT2D eigenvalue weighted by atomic mass is 32.2. The molecule has 0 aliphatic heterocycles. The third kappa shape index (κ3) is 3.58. The number of aromatic nitrogens is 3. The molecule has 9 heteroatoms. The number of nitrogens with one attached hydrogen (secondary N) is 1. The fourth-order valence-corrected chi connectivity index (χ4v) is 4.01. The normalized spacial score (nSPS) is 12.2. The van der Waals surface area contributed by atoms with Crippen LogP contribution in [0.3, 0.4) is 0 Å². The summed E-state index contributed by atoms with van der Waals surface area (Å²) in [5.41, 5.74) is 2.19. The van der Waals surface area contributed by atoms with Crippen LogP contribution in [0.1, 0.15) is 31.8 Å². The summed E-state index contributed by atoms with van der Waals surface area (Å²) in [4.78, 5) is 42.3. The number of carbonyl (C=O) groups is 3. The minimum Gasteiger partial charge on any atom is -0.411 e. The Balaban J connectivity index is 1.32. The molecule has 1 aliphatic rings. The molecular formula is C23H14N4O4S. The Morgan fingerprint density at radius 2 is 1.59 bits per heavy atom. The van der Waals surface area contributed by atoms with Crippen molar-refractivity contribution in [2.45, 2.75) is 5.22 Å². The van der Waals surface area contributed by atoms with E-state index in [-0.39, 0.29) is 39.6 Å². The van der Waals surface area contributed by atoms with Gasteiger partial charge in [0.2, 0.25) is 11.8 Å². The molecule has 0 bridgehead atoms. The predicted octanol–water partition coefficient (Wildman–Crippen LogP) is 3.64. The van der Waals surface area contributed by atoms with E-state index in [1.165, 1.54) is 0 Å². The van der Waals surface area contributed by atoms with Gasteiger partial charge in [-0.25, -0.2) is 0 Å². The summed E-state index contributed by atoms with van der Waals surface area (Å²) in [6, 6.07) is 15.0. The van der Waals surface area contributed by atoms with Gasteiger partial charge >= 0.3 is 0 Å². The molecule has 0 atom stereocenters. The number of anilines is 1. The van der Waals surface area contributed by atoms with E-state index in [2.05, 4.69) is 20.5 Å². The number of amides is 1. The van der Waals surface area contributed by atoms with Gasteiger partial charge < -0.3 is 9.73 Å². The molecule has 0 saturated heterocycles. The van der Waals surface area contributed by atoms with Crippen molar-refractivity contribution < 1.29 is 18.8 Å². The van der Waals surface area contributed by atoms with E-state index in [0.29, 0.717) is 22.7 Å². The second-order valence-corrected chi connectivity index (χ2v) is 7.80. The van der Waals surface area contributed by atoms with E-state index in [1.54, 1.807) is 67.0 Å². The molecule has 2 aromatic carbocycles. The van der Waals surface area contributed by atoms with Gasteiger partial charge in [0.15, 0.2) is 11.6 Å². The molecule has 8 nitrogen and oxygen atoms in total. The lowest BCUT2D eigenvalue weighted by molar-refractivity contribution is -0.113. The number of nitrogens with zero attached hydrogens (tertiary/aromatic N) is 3. The molecule has 156 valence electrons. The van der Waals surface area contributed by atoms with Gasteiger partial charge in [0.25, 0.3) is 5.22 Å². The summed E-state index contributed by atoms with van der Waals surface area (Å²) in [5.74, 6) is -0.588. The van der Waals surface area contributed by atoms with Gasteiger partial charge in [0.1, 0.15) is 0 Å². The molecule has 1 N–H and O–H groups in total. The molecule has 1 amide bonds. The van der Waals surface area contributed by atoms with Crippen molar-refractivity contribution in [2.24, 2.45) is 0 Å². The van der Waals surface area contributed by atoms with E-state index >= 15 is 0 Å². The molecule has 32 heavy (non-hydrogen) atoms. The standard InChI is InChI=1S/C23H14N4O4S/c28-18(12-32-23-27-26-22(31-23)13-8-10-24-11-9-13)25-17-7-3-6-16-19(17)21(30)15-5-2-1-4-14(15)20(16)29/h1-11H,12H2,(H,25,28). The summed E-state index contributed by atoms with van der Waals surface area (Å²) >= 11 is 1.07. The summed E-state index contributed by atoms with van der Waals surface area (Å²) in [6.45, 7) is 0.